The first kappa shape index (κ1) is 17.7. The first-order valence-electron chi connectivity index (χ1n) is 10.5. The number of likely N-dealkylation sites (tertiary alicyclic amines) is 1. The van der Waals surface area contributed by atoms with Crippen LogP contribution in [-0.4, -0.2) is 31.9 Å². The number of hydrogen-bond donors (Lipinski definition) is 0. The Hall–Kier alpha value is -2.40. The van der Waals surface area contributed by atoms with Crippen molar-refractivity contribution >= 4 is 5.65 Å². The molecule has 0 saturated carbocycles. The summed E-state index contributed by atoms with van der Waals surface area (Å²) in [4.78, 5) is 20.0. The van der Waals surface area contributed by atoms with Gasteiger partial charge in [0, 0.05) is 55.7 Å². The highest BCUT2D eigenvalue weighted by Crippen LogP contribution is 2.43. The summed E-state index contributed by atoms with van der Waals surface area (Å²) >= 11 is 0. The Labute approximate surface area is 165 Å². The molecule has 28 heavy (non-hydrogen) atoms. The van der Waals surface area contributed by atoms with Crippen molar-refractivity contribution in [2.75, 3.05) is 13.1 Å². The minimum Gasteiger partial charge on any atom is -0.309 e. The molecule has 2 aliphatic rings. The predicted molar refractivity (Wildman–Crippen MR) is 111 cm³/mol. The van der Waals surface area contributed by atoms with E-state index in [9.17, 15) is 4.79 Å². The van der Waals surface area contributed by atoms with Gasteiger partial charge >= 0.3 is 0 Å². The van der Waals surface area contributed by atoms with Crippen molar-refractivity contribution in [3.63, 3.8) is 0 Å². The van der Waals surface area contributed by atoms with Crippen LogP contribution in [0.2, 0.25) is 0 Å². The summed E-state index contributed by atoms with van der Waals surface area (Å²) in [5, 5.41) is 0. The number of aryl methyl sites for hydroxylation is 1. The SMILES string of the molecule is CCC[C@H]1[C@H]2C[C@H](CN(Cc3cn4cc(C)ccc4n3)C2)c2cccc(=O)n21. The van der Waals surface area contributed by atoms with Crippen molar-refractivity contribution in [1.29, 1.82) is 0 Å². The minimum absolute atomic E-state index is 0.176. The number of fused-ring (bicyclic) bond motifs is 5. The smallest absolute Gasteiger partial charge is 0.250 e. The predicted octanol–water partition coefficient (Wildman–Crippen LogP) is 3.76. The van der Waals surface area contributed by atoms with Gasteiger partial charge < -0.3 is 8.97 Å². The Kier molecular flexibility index (Phi) is 4.35. The van der Waals surface area contributed by atoms with Crippen molar-refractivity contribution in [3.8, 4) is 0 Å². The summed E-state index contributed by atoms with van der Waals surface area (Å²) < 4.78 is 4.25. The molecule has 146 valence electrons. The number of hydrogen-bond acceptors (Lipinski definition) is 3. The monoisotopic (exact) mass is 376 g/mol. The van der Waals surface area contributed by atoms with E-state index >= 15 is 0 Å². The average molecular weight is 377 g/mol. The van der Waals surface area contributed by atoms with Crippen LogP contribution in [0, 0.1) is 12.8 Å². The number of imidazole rings is 1. The molecule has 5 rings (SSSR count). The number of rotatable bonds is 4. The van der Waals surface area contributed by atoms with Gasteiger partial charge in [-0.1, -0.05) is 25.5 Å². The molecule has 2 bridgehead atoms. The van der Waals surface area contributed by atoms with Gasteiger partial charge in [-0.15, -0.1) is 0 Å². The molecule has 5 heterocycles. The fourth-order valence-corrected chi connectivity index (χ4v) is 5.39. The summed E-state index contributed by atoms with van der Waals surface area (Å²) in [6.07, 6.45) is 7.69. The summed E-state index contributed by atoms with van der Waals surface area (Å²) in [5.41, 5.74) is 4.79. The highest BCUT2D eigenvalue weighted by molar-refractivity contribution is 5.41. The average Bonchev–Trinajstić information content (AvgIpc) is 3.06. The third-order valence-electron chi connectivity index (χ3n) is 6.49. The second kappa shape index (κ2) is 6.89. The van der Waals surface area contributed by atoms with Crippen LogP contribution >= 0.6 is 0 Å². The van der Waals surface area contributed by atoms with Crippen LogP contribution in [0.5, 0.6) is 0 Å². The number of pyridine rings is 2. The maximum atomic E-state index is 12.6. The molecular formula is C23H28N4O. The molecule has 2 aliphatic heterocycles. The van der Waals surface area contributed by atoms with Crippen molar-refractivity contribution in [2.24, 2.45) is 5.92 Å². The van der Waals surface area contributed by atoms with Gasteiger partial charge in [-0.3, -0.25) is 9.69 Å². The van der Waals surface area contributed by atoms with Gasteiger partial charge in [0.2, 0.25) is 0 Å². The summed E-state index contributed by atoms with van der Waals surface area (Å²) in [6, 6.07) is 10.4. The van der Waals surface area contributed by atoms with E-state index in [2.05, 4.69) is 58.3 Å². The first-order valence-corrected chi connectivity index (χ1v) is 10.5. The van der Waals surface area contributed by atoms with Crippen LogP contribution in [0.25, 0.3) is 5.65 Å². The molecule has 1 saturated heterocycles. The van der Waals surface area contributed by atoms with Gasteiger partial charge in [0.05, 0.1) is 5.69 Å². The molecule has 0 spiro atoms. The number of aromatic nitrogens is 3. The zero-order chi connectivity index (χ0) is 19.3. The normalized spacial score (nSPS) is 24.4. The Morgan fingerprint density at radius 3 is 2.89 bits per heavy atom. The number of piperidine rings is 1. The maximum absolute atomic E-state index is 12.6. The summed E-state index contributed by atoms with van der Waals surface area (Å²) in [5.74, 6) is 0.991. The topological polar surface area (TPSA) is 42.5 Å². The molecule has 3 aromatic rings. The molecule has 0 unspecified atom stereocenters. The highest BCUT2D eigenvalue weighted by atomic mass is 16.1. The van der Waals surface area contributed by atoms with E-state index < -0.39 is 0 Å². The fourth-order valence-electron chi connectivity index (χ4n) is 5.39. The van der Waals surface area contributed by atoms with Crippen LogP contribution in [-0.2, 0) is 6.54 Å². The lowest BCUT2D eigenvalue weighted by molar-refractivity contribution is 0.0810. The van der Waals surface area contributed by atoms with Gasteiger partial charge in [-0.05, 0) is 43.4 Å². The molecule has 0 N–H and O–H groups in total. The van der Waals surface area contributed by atoms with E-state index in [0.717, 1.165) is 43.8 Å². The Bertz CT molecular complexity index is 1070. The van der Waals surface area contributed by atoms with Crippen molar-refractivity contribution in [3.05, 3.63) is 70.0 Å². The van der Waals surface area contributed by atoms with Crippen LogP contribution in [0.1, 0.15) is 55.1 Å². The van der Waals surface area contributed by atoms with Crippen LogP contribution < -0.4 is 5.56 Å². The lowest BCUT2D eigenvalue weighted by Crippen LogP contribution is -2.49. The Balaban J connectivity index is 1.44. The third kappa shape index (κ3) is 2.98. The molecule has 0 amide bonds. The zero-order valence-corrected chi connectivity index (χ0v) is 16.7. The lowest BCUT2D eigenvalue weighted by atomic mass is 9.77. The largest absolute Gasteiger partial charge is 0.309 e. The van der Waals surface area contributed by atoms with Crippen molar-refractivity contribution < 1.29 is 0 Å². The van der Waals surface area contributed by atoms with Crippen molar-refractivity contribution in [1.82, 2.24) is 18.9 Å². The second-order valence-electron chi connectivity index (χ2n) is 8.61. The molecule has 0 aliphatic carbocycles. The van der Waals surface area contributed by atoms with E-state index in [4.69, 9.17) is 4.98 Å². The second-order valence-corrected chi connectivity index (χ2v) is 8.61. The molecule has 0 radical (unpaired) electrons. The molecule has 3 atom stereocenters. The number of nitrogens with zero attached hydrogens (tertiary/aromatic N) is 4. The zero-order valence-electron chi connectivity index (χ0n) is 16.7. The molecule has 0 aromatic carbocycles. The maximum Gasteiger partial charge on any atom is 0.250 e. The van der Waals surface area contributed by atoms with Gasteiger partial charge in [-0.25, -0.2) is 4.98 Å². The molecular weight excluding hydrogens is 348 g/mol. The van der Waals surface area contributed by atoms with Crippen LogP contribution in [0.3, 0.4) is 0 Å². The molecule has 5 heteroatoms. The molecule has 1 fully saturated rings. The summed E-state index contributed by atoms with van der Waals surface area (Å²) in [6.45, 7) is 7.27. The van der Waals surface area contributed by atoms with Crippen LogP contribution in [0.4, 0.5) is 0 Å². The molecule has 5 nitrogen and oxygen atoms in total. The standard InChI is InChI=1S/C23H28N4O/c1-3-5-20-17-10-18(21-6-4-7-23(28)27(20)21)13-25(12-17)14-19-15-26-11-16(2)8-9-22(26)24-19/h4,6-9,11,15,17-18,20H,3,5,10,12-14H2,1-2H3/t17-,18+,20-/m0/s1. The van der Waals surface area contributed by atoms with E-state index in [1.54, 1.807) is 6.07 Å². The van der Waals surface area contributed by atoms with Gasteiger partial charge in [0.1, 0.15) is 5.65 Å². The van der Waals surface area contributed by atoms with Gasteiger partial charge in [0.25, 0.3) is 5.56 Å². The quantitative estimate of drug-likeness (QED) is 0.696. The van der Waals surface area contributed by atoms with E-state index in [1.807, 2.05) is 6.07 Å². The van der Waals surface area contributed by atoms with Crippen LogP contribution in [0.15, 0.2) is 47.5 Å². The Morgan fingerprint density at radius 1 is 1.14 bits per heavy atom. The van der Waals surface area contributed by atoms with Crippen molar-refractivity contribution in [2.45, 2.75) is 51.6 Å². The van der Waals surface area contributed by atoms with E-state index in [0.29, 0.717) is 17.9 Å². The van der Waals surface area contributed by atoms with Gasteiger partial charge in [-0.2, -0.15) is 0 Å². The first-order chi connectivity index (χ1) is 13.6. The lowest BCUT2D eigenvalue weighted by Gasteiger charge is -2.47. The van der Waals surface area contributed by atoms with Gasteiger partial charge in [0.15, 0.2) is 0 Å². The molecule has 3 aromatic heterocycles. The Morgan fingerprint density at radius 2 is 2.04 bits per heavy atom. The summed E-state index contributed by atoms with van der Waals surface area (Å²) in [7, 11) is 0. The van der Waals surface area contributed by atoms with E-state index in [1.165, 1.54) is 17.7 Å². The minimum atomic E-state index is 0.176. The van der Waals surface area contributed by atoms with E-state index in [-0.39, 0.29) is 5.56 Å². The third-order valence-corrected chi connectivity index (χ3v) is 6.49. The highest BCUT2D eigenvalue weighted by Gasteiger charge is 2.40. The fraction of sp³-hybridized carbons (Fsp3) is 0.478.